The summed E-state index contributed by atoms with van der Waals surface area (Å²) < 4.78 is 0. The molecule has 2 aromatic rings. The van der Waals surface area contributed by atoms with Gasteiger partial charge >= 0.3 is 6.03 Å². The van der Waals surface area contributed by atoms with Gasteiger partial charge in [-0.05, 0) is 56.5 Å². The first kappa shape index (κ1) is 17.3. The Labute approximate surface area is 150 Å². The number of aryl methyl sites for hydroxylation is 3. The Morgan fingerprint density at radius 2 is 1.72 bits per heavy atom. The van der Waals surface area contributed by atoms with Crippen molar-refractivity contribution in [2.75, 3.05) is 29.9 Å². The molecule has 1 heterocycles. The van der Waals surface area contributed by atoms with Crippen LogP contribution in [0.5, 0.6) is 0 Å². The number of hydrogen-bond donors (Lipinski definition) is 1. The van der Waals surface area contributed by atoms with Crippen molar-refractivity contribution < 1.29 is 4.79 Å². The van der Waals surface area contributed by atoms with Crippen LogP contribution in [0.2, 0.25) is 0 Å². The number of carbonyl (C=O) groups is 1. The van der Waals surface area contributed by atoms with E-state index in [2.05, 4.69) is 48.3 Å². The van der Waals surface area contributed by atoms with Crippen molar-refractivity contribution in [2.45, 2.75) is 33.7 Å². The molecule has 4 heteroatoms. The Morgan fingerprint density at radius 3 is 2.36 bits per heavy atom. The summed E-state index contributed by atoms with van der Waals surface area (Å²) in [6.07, 6.45) is 0. The summed E-state index contributed by atoms with van der Waals surface area (Å²) in [5.41, 5.74) is 5.63. The number of urea groups is 1. The second-order valence-corrected chi connectivity index (χ2v) is 7.02. The number of amides is 2. The molecule has 1 aliphatic rings. The van der Waals surface area contributed by atoms with Crippen LogP contribution in [0.4, 0.5) is 16.2 Å². The minimum absolute atomic E-state index is 0.00635. The van der Waals surface area contributed by atoms with Crippen LogP contribution in [0.1, 0.15) is 23.6 Å². The summed E-state index contributed by atoms with van der Waals surface area (Å²) in [5, 5.41) is 3.10. The molecule has 1 saturated heterocycles. The van der Waals surface area contributed by atoms with Gasteiger partial charge in [-0.3, -0.25) is 0 Å². The van der Waals surface area contributed by atoms with Gasteiger partial charge in [0.15, 0.2) is 0 Å². The number of benzene rings is 2. The first-order valence-electron chi connectivity index (χ1n) is 8.91. The molecule has 3 rings (SSSR count). The standard InChI is InChI=1S/C21H27N3O/c1-15-7-5-10-19(13-15)24-12-11-23(14-18(24)4)21(25)22-20-16(2)8-6-9-17(20)3/h5-10,13,18H,11-12,14H2,1-4H3,(H,22,25). The lowest BCUT2D eigenvalue weighted by atomic mass is 10.1. The summed E-state index contributed by atoms with van der Waals surface area (Å²) in [6.45, 7) is 10.7. The monoisotopic (exact) mass is 337 g/mol. The van der Waals surface area contributed by atoms with E-state index in [-0.39, 0.29) is 6.03 Å². The fourth-order valence-corrected chi connectivity index (χ4v) is 3.53. The molecule has 0 aliphatic carbocycles. The van der Waals surface area contributed by atoms with Crippen LogP contribution in [-0.4, -0.2) is 36.6 Å². The largest absolute Gasteiger partial charge is 0.365 e. The second-order valence-electron chi connectivity index (χ2n) is 7.02. The van der Waals surface area contributed by atoms with Crippen molar-refractivity contribution in [3.8, 4) is 0 Å². The average Bonchev–Trinajstić information content (AvgIpc) is 2.58. The number of carbonyl (C=O) groups excluding carboxylic acids is 1. The average molecular weight is 337 g/mol. The van der Waals surface area contributed by atoms with Gasteiger partial charge in [0.1, 0.15) is 0 Å². The molecule has 4 nitrogen and oxygen atoms in total. The van der Waals surface area contributed by atoms with Crippen LogP contribution >= 0.6 is 0 Å². The van der Waals surface area contributed by atoms with Gasteiger partial charge in [0, 0.05) is 37.1 Å². The minimum Gasteiger partial charge on any atom is -0.365 e. The molecular formula is C21H27N3O. The first-order valence-corrected chi connectivity index (χ1v) is 8.91. The lowest BCUT2D eigenvalue weighted by Crippen LogP contribution is -2.54. The highest BCUT2D eigenvalue weighted by Gasteiger charge is 2.27. The van der Waals surface area contributed by atoms with Gasteiger partial charge in [-0.25, -0.2) is 4.79 Å². The molecule has 0 aromatic heterocycles. The van der Waals surface area contributed by atoms with Crippen molar-refractivity contribution in [1.82, 2.24) is 4.90 Å². The van der Waals surface area contributed by atoms with Crippen molar-refractivity contribution >= 4 is 17.4 Å². The number of piperazine rings is 1. The molecule has 1 atom stereocenters. The summed E-state index contributed by atoms with van der Waals surface area (Å²) in [6, 6.07) is 14.9. The third kappa shape index (κ3) is 3.78. The Kier molecular flexibility index (Phi) is 4.98. The third-order valence-electron chi connectivity index (χ3n) is 4.96. The fraction of sp³-hybridized carbons (Fsp3) is 0.381. The lowest BCUT2D eigenvalue weighted by Gasteiger charge is -2.41. The molecule has 1 unspecified atom stereocenters. The van der Waals surface area contributed by atoms with Crippen molar-refractivity contribution in [1.29, 1.82) is 0 Å². The molecule has 2 amide bonds. The van der Waals surface area contributed by atoms with Gasteiger partial charge < -0.3 is 15.1 Å². The summed E-state index contributed by atoms with van der Waals surface area (Å²) in [5.74, 6) is 0. The highest BCUT2D eigenvalue weighted by atomic mass is 16.2. The van der Waals surface area contributed by atoms with E-state index in [0.29, 0.717) is 6.04 Å². The van der Waals surface area contributed by atoms with E-state index in [1.54, 1.807) is 0 Å². The van der Waals surface area contributed by atoms with Gasteiger partial charge in [-0.15, -0.1) is 0 Å². The van der Waals surface area contributed by atoms with Gasteiger partial charge in [0.25, 0.3) is 0 Å². The van der Waals surface area contributed by atoms with Gasteiger partial charge in [0.05, 0.1) is 0 Å². The van der Waals surface area contributed by atoms with E-state index < -0.39 is 0 Å². The maximum atomic E-state index is 12.7. The van der Waals surface area contributed by atoms with Crippen LogP contribution in [0.25, 0.3) is 0 Å². The molecule has 2 aromatic carbocycles. The second kappa shape index (κ2) is 7.18. The molecule has 0 spiro atoms. The molecule has 132 valence electrons. The number of hydrogen-bond acceptors (Lipinski definition) is 2. The minimum atomic E-state index is -0.00635. The topological polar surface area (TPSA) is 35.6 Å². The highest BCUT2D eigenvalue weighted by Crippen LogP contribution is 2.23. The molecule has 0 bridgehead atoms. The van der Waals surface area contributed by atoms with Crippen molar-refractivity contribution in [3.63, 3.8) is 0 Å². The molecule has 1 fully saturated rings. The zero-order valence-electron chi connectivity index (χ0n) is 15.5. The van der Waals surface area contributed by atoms with Crippen LogP contribution in [0, 0.1) is 20.8 Å². The van der Waals surface area contributed by atoms with Gasteiger partial charge in [-0.1, -0.05) is 30.3 Å². The normalized spacial score (nSPS) is 17.5. The number of nitrogens with one attached hydrogen (secondary N) is 1. The zero-order chi connectivity index (χ0) is 18.0. The Morgan fingerprint density at radius 1 is 1.04 bits per heavy atom. The van der Waals surface area contributed by atoms with Gasteiger partial charge in [-0.2, -0.15) is 0 Å². The molecule has 25 heavy (non-hydrogen) atoms. The third-order valence-corrected chi connectivity index (χ3v) is 4.96. The van der Waals surface area contributed by atoms with E-state index >= 15 is 0 Å². The van der Waals surface area contributed by atoms with E-state index in [0.717, 1.165) is 36.4 Å². The Hall–Kier alpha value is -2.49. The SMILES string of the molecule is Cc1cccc(N2CCN(C(=O)Nc3c(C)cccc3C)CC2C)c1. The zero-order valence-corrected chi connectivity index (χ0v) is 15.5. The van der Waals surface area contributed by atoms with Gasteiger partial charge in [0.2, 0.25) is 0 Å². The number of rotatable bonds is 2. The maximum Gasteiger partial charge on any atom is 0.321 e. The molecule has 0 radical (unpaired) electrons. The van der Waals surface area contributed by atoms with Crippen molar-refractivity contribution in [2.24, 2.45) is 0 Å². The Bertz CT molecular complexity index is 751. The molecule has 1 N–H and O–H groups in total. The van der Waals surface area contributed by atoms with E-state index in [4.69, 9.17) is 0 Å². The van der Waals surface area contributed by atoms with Crippen molar-refractivity contribution in [3.05, 3.63) is 59.2 Å². The summed E-state index contributed by atoms with van der Waals surface area (Å²) in [7, 11) is 0. The molecule has 1 aliphatic heterocycles. The maximum absolute atomic E-state index is 12.7. The number of anilines is 2. The molecule has 0 saturated carbocycles. The highest BCUT2D eigenvalue weighted by molar-refractivity contribution is 5.91. The van der Waals surface area contributed by atoms with E-state index in [1.165, 1.54) is 11.3 Å². The van der Waals surface area contributed by atoms with Crippen LogP contribution < -0.4 is 10.2 Å². The first-order chi connectivity index (χ1) is 12.0. The van der Waals surface area contributed by atoms with Crippen LogP contribution in [0.3, 0.4) is 0 Å². The fourth-order valence-electron chi connectivity index (χ4n) is 3.53. The quantitative estimate of drug-likeness (QED) is 0.884. The lowest BCUT2D eigenvalue weighted by molar-refractivity contribution is 0.200. The number of para-hydroxylation sites is 1. The number of nitrogens with zero attached hydrogens (tertiary/aromatic N) is 2. The smallest absolute Gasteiger partial charge is 0.321 e. The van der Waals surface area contributed by atoms with E-state index in [1.807, 2.05) is 36.9 Å². The van der Waals surface area contributed by atoms with E-state index in [9.17, 15) is 4.79 Å². The summed E-state index contributed by atoms with van der Waals surface area (Å²) in [4.78, 5) is 17.0. The Balaban J connectivity index is 1.67. The predicted octanol–water partition coefficient (Wildman–Crippen LogP) is 4.35. The predicted molar refractivity (Wildman–Crippen MR) is 104 cm³/mol. The summed E-state index contributed by atoms with van der Waals surface area (Å²) >= 11 is 0. The molecular weight excluding hydrogens is 310 g/mol. The van der Waals surface area contributed by atoms with Crippen LogP contribution in [0.15, 0.2) is 42.5 Å². The van der Waals surface area contributed by atoms with Crippen LogP contribution in [-0.2, 0) is 0 Å².